The van der Waals surface area contributed by atoms with Crippen molar-refractivity contribution in [3.8, 4) is 5.75 Å². The van der Waals surface area contributed by atoms with Crippen molar-refractivity contribution in [1.82, 2.24) is 4.72 Å². The lowest BCUT2D eigenvalue weighted by molar-refractivity contribution is 0.414. The summed E-state index contributed by atoms with van der Waals surface area (Å²) in [6, 6.07) is 12.4. The smallest absolute Gasteiger partial charge is 0.242 e. The minimum Gasteiger partial charge on any atom is -0.497 e. The molecule has 2 aromatic rings. The van der Waals surface area contributed by atoms with Gasteiger partial charge in [-0.15, -0.1) is 0 Å². The number of halogens is 1. The normalized spacial score (nSPS) is 11.4. The van der Waals surface area contributed by atoms with Crippen LogP contribution in [0.25, 0.3) is 0 Å². The fourth-order valence-electron chi connectivity index (χ4n) is 2.02. The SMILES string of the molecule is COc1ccc(CCNS(=O)(=O)c2ccc(C)cc2Cl)cc1. The van der Waals surface area contributed by atoms with E-state index in [0.717, 1.165) is 16.9 Å². The fourth-order valence-corrected chi connectivity index (χ4v) is 3.65. The molecule has 0 amide bonds. The molecule has 0 radical (unpaired) electrons. The highest BCUT2D eigenvalue weighted by atomic mass is 35.5. The molecule has 118 valence electrons. The zero-order chi connectivity index (χ0) is 16.2. The van der Waals surface area contributed by atoms with Crippen molar-refractivity contribution in [1.29, 1.82) is 0 Å². The van der Waals surface area contributed by atoms with Gasteiger partial charge < -0.3 is 4.74 Å². The average Bonchev–Trinajstić information content (AvgIpc) is 2.47. The number of benzene rings is 2. The summed E-state index contributed by atoms with van der Waals surface area (Å²) < 4.78 is 32.1. The fraction of sp³-hybridized carbons (Fsp3) is 0.250. The van der Waals surface area contributed by atoms with Gasteiger partial charge in [-0.3, -0.25) is 0 Å². The molecule has 0 fully saturated rings. The van der Waals surface area contributed by atoms with Crippen molar-refractivity contribution in [2.24, 2.45) is 0 Å². The summed E-state index contributed by atoms with van der Waals surface area (Å²) in [5, 5.41) is 0.233. The van der Waals surface area contributed by atoms with Crippen molar-refractivity contribution in [2.45, 2.75) is 18.2 Å². The van der Waals surface area contributed by atoms with E-state index in [4.69, 9.17) is 16.3 Å². The van der Waals surface area contributed by atoms with Crippen LogP contribution >= 0.6 is 11.6 Å². The molecule has 0 atom stereocenters. The monoisotopic (exact) mass is 339 g/mol. The topological polar surface area (TPSA) is 55.4 Å². The molecular formula is C16H18ClNO3S. The Morgan fingerprint density at radius 2 is 1.82 bits per heavy atom. The van der Waals surface area contributed by atoms with Crippen LogP contribution in [0.4, 0.5) is 0 Å². The van der Waals surface area contributed by atoms with Gasteiger partial charge in [0.2, 0.25) is 10.0 Å². The first-order valence-electron chi connectivity index (χ1n) is 6.81. The molecule has 0 aromatic heterocycles. The molecule has 0 unspecified atom stereocenters. The lowest BCUT2D eigenvalue weighted by Crippen LogP contribution is -2.26. The van der Waals surface area contributed by atoms with Crippen LogP contribution in [0, 0.1) is 6.92 Å². The predicted molar refractivity (Wildman–Crippen MR) is 88.1 cm³/mol. The zero-order valence-electron chi connectivity index (χ0n) is 12.5. The molecule has 0 saturated heterocycles. The van der Waals surface area contributed by atoms with E-state index in [0.29, 0.717) is 13.0 Å². The maximum Gasteiger partial charge on any atom is 0.242 e. The van der Waals surface area contributed by atoms with Crippen molar-refractivity contribution < 1.29 is 13.2 Å². The largest absolute Gasteiger partial charge is 0.497 e. The second-order valence-electron chi connectivity index (χ2n) is 4.93. The van der Waals surface area contributed by atoms with E-state index in [1.54, 1.807) is 19.2 Å². The number of ether oxygens (including phenoxy) is 1. The third-order valence-electron chi connectivity index (χ3n) is 3.24. The molecule has 0 heterocycles. The second-order valence-corrected chi connectivity index (χ2v) is 7.07. The van der Waals surface area contributed by atoms with Gasteiger partial charge in [0.25, 0.3) is 0 Å². The summed E-state index contributed by atoms with van der Waals surface area (Å²) in [6.07, 6.45) is 0.590. The van der Waals surface area contributed by atoms with Crippen LogP contribution in [0.15, 0.2) is 47.4 Å². The Kier molecular flexibility index (Phi) is 5.45. The number of sulfonamides is 1. The Morgan fingerprint density at radius 1 is 1.14 bits per heavy atom. The van der Waals surface area contributed by atoms with Crippen LogP contribution in [0.5, 0.6) is 5.75 Å². The molecule has 2 rings (SSSR count). The van der Waals surface area contributed by atoms with E-state index in [-0.39, 0.29) is 9.92 Å². The second kappa shape index (κ2) is 7.13. The standard InChI is InChI=1S/C16H18ClNO3S/c1-12-3-8-16(15(17)11-12)22(19,20)18-10-9-13-4-6-14(21-2)7-5-13/h3-8,11,18H,9-10H2,1-2H3. The Balaban J connectivity index is 2.00. The van der Waals surface area contributed by atoms with E-state index in [2.05, 4.69) is 4.72 Å². The third-order valence-corrected chi connectivity index (χ3v) is 5.19. The highest BCUT2D eigenvalue weighted by Gasteiger charge is 2.17. The Morgan fingerprint density at radius 3 is 2.41 bits per heavy atom. The summed E-state index contributed by atoms with van der Waals surface area (Å²) in [5.74, 6) is 0.774. The number of methoxy groups -OCH3 is 1. The molecule has 0 aliphatic rings. The molecule has 6 heteroatoms. The highest BCUT2D eigenvalue weighted by molar-refractivity contribution is 7.89. The molecule has 0 bridgehead atoms. The van der Waals surface area contributed by atoms with E-state index in [1.807, 2.05) is 31.2 Å². The van der Waals surface area contributed by atoms with Gasteiger partial charge in [-0.25, -0.2) is 13.1 Å². The molecule has 0 aliphatic carbocycles. The van der Waals surface area contributed by atoms with Crippen LogP contribution < -0.4 is 9.46 Å². The van der Waals surface area contributed by atoms with Gasteiger partial charge in [-0.05, 0) is 48.7 Å². The third kappa shape index (κ3) is 4.22. The van der Waals surface area contributed by atoms with Crippen LogP contribution in [-0.2, 0) is 16.4 Å². The van der Waals surface area contributed by atoms with Crippen LogP contribution in [0.3, 0.4) is 0 Å². The van der Waals surface area contributed by atoms with Crippen LogP contribution in [-0.4, -0.2) is 22.1 Å². The van der Waals surface area contributed by atoms with Crippen molar-refractivity contribution in [3.63, 3.8) is 0 Å². The molecule has 0 saturated carbocycles. The number of aryl methyl sites for hydroxylation is 1. The number of nitrogens with one attached hydrogen (secondary N) is 1. The predicted octanol–water partition coefficient (Wildman–Crippen LogP) is 3.18. The van der Waals surface area contributed by atoms with E-state index in [9.17, 15) is 8.42 Å². The Labute approximate surface area is 136 Å². The highest BCUT2D eigenvalue weighted by Crippen LogP contribution is 2.22. The van der Waals surface area contributed by atoms with Gasteiger partial charge in [-0.1, -0.05) is 29.8 Å². The quantitative estimate of drug-likeness (QED) is 0.879. The van der Waals surface area contributed by atoms with Crippen molar-refractivity contribution in [3.05, 3.63) is 58.6 Å². The van der Waals surface area contributed by atoms with Crippen molar-refractivity contribution in [2.75, 3.05) is 13.7 Å². The molecule has 0 aliphatic heterocycles. The average molecular weight is 340 g/mol. The maximum absolute atomic E-state index is 12.2. The summed E-state index contributed by atoms with van der Waals surface area (Å²) in [4.78, 5) is 0.106. The van der Waals surface area contributed by atoms with Gasteiger partial charge >= 0.3 is 0 Å². The molecule has 4 nitrogen and oxygen atoms in total. The lowest BCUT2D eigenvalue weighted by Gasteiger charge is -2.09. The van der Waals surface area contributed by atoms with Crippen LogP contribution in [0.2, 0.25) is 5.02 Å². The summed E-state index contributed by atoms with van der Waals surface area (Å²) in [7, 11) is -1.99. The summed E-state index contributed by atoms with van der Waals surface area (Å²) in [5.41, 5.74) is 1.95. The van der Waals surface area contributed by atoms with E-state index >= 15 is 0 Å². The zero-order valence-corrected chi connectivity index (χ0v) is 14.0. The minimum absolute atomic E-state index is 0.106. The first-order chi connectivity index (χ1) is 10.4. The Hall–Kier alpha value is -1.56. The lowest BCUT2D eigenvalue weighted by atomic mass is 10.1. The van der Waals surface area contributed by atoms with Gasteiger partial charge in [0.15, 0.2) is 0 Å². The minimum atomic E-state index is -3.60. The number of hydrogen-bond acceptors (Lipinski definition) is 3. The number of rotatable bonds is 6. The van der Waals surface area contributed by atoms with E-state index < -0.39 is 10.0 Å². The van der Waals surface area contributed by atoms with Gasteiger partial charge in [0, 0.05) is 6.54 Å². The molecule has 0 spiro atoms. The first kappa shape index (κ1) is 16.8. The summed E-state index contributed by atoms with van der Waals surface area (Å²) in [6.45, 7) is 2.16. The molecular weight excluding hydrogens is 322 g/mol. The molecule has 2 aromatic carbocycles. The molecule has 22 heavy (non-hydrogen) atoms. The van der Waals surface area contributed by atoms with Crippen LogP contribution in [0.1, 0.15) is 11.1 Å². The van der Waals surface area contributed by atoms with Gasteiger partial charge in [0.05, 0.1) is 12.1 Å². The molecule has 1 N–H and O–H groups in total. The Bertz CT molecular complexity index is 742. The van der Waals surface area contributed by atoms with Crippen molar-refractivity contribution >= 4 is 21.6 Å². The van der Waals surface area contributed by atoms with Gasteiger partial charge in [0.1, 0.15) is 10.6 Å². The van der Waals surface area contributed by atoms with Gasteiger partial charge in [-0.2, -0.15) is 0 Å². The first-order valence-corrected chi connectivity index (χ1v) is 8.67. The van der Waals surface area contributed by atoms with E-state index in [1.165, 1.54) is 6.07 Å². The number of hydrogen-bond donors (Lipinski definition) is 1. The maximum atomic E-state index is 12.2. The summed E-state index contributed by atoms with van der Waals surface area (Å²) >= 11 is 6.01.